The van der Waals surface area contributed by atoms with Crippen LogP contribution in [-0.4, -0.2) is 25.8 Å². The number of hydrazone groups is 1. The Balaban J connectivity index is 1.91. The molecule has 0 saturated heterocycles. The molecule has 3 rings (SSSR count). The molecule has 30 heavy (non-hydrogen) atoms. The molecule has 0 spiro atoms. The van der Waals surface area contributed by atoms with Crippen molar-refractivity contribution in [3.8, 4) is 5.69 Å². The number of aryl methyl sites for hydroxylation is 2. The van der Waals surface area contributed by atoms with Gasteiger partial charge in [-0.05, 0) is 43.7 Å². The van der Waals surface area contributed by atoms with Gasteiger partial charge in [-0.25, -0.2) is 4.68 Å². The Hall–Kier alpha value is -3.80. The maximum atomic E-state index is 12.8. The highest BCUT2D eigenvalue weighted by Crippen LogP contribution is 2.28. The normalized spacial score (nSPS) is 11.0. The summed E-state index contributed by atoms with van der Waals surface area (Å²) < 4.78 is 2.27. The lowest BCUT2D eigenvalue weighted by molar-refractivity contribution is -0.393. The minimum absolute atomic E-state index is 0.0425. The molecule has 2 aromatic carbocycles. The number of nitrogens with zero attached hydrogens (tertiary/aromatic N) is 4. The van der Waals surface area contributed by atoms with Gasteiger partial charge in [0.1, 0.15) is 5.69 Å². The number of nitrogens with one attached hydrogen (secondary N) is 2. The van der Waals surface area contributed by atoms with E-state index in [1.54, 1.807) is 13.0 Å². The number of H-pyrrole nitrogens is 1. The van der Waals surface area contributed by atoms with Gasteiger partial charge < -0.3 is 0 Å². The first-order valence-corrected chi connectivity index (χ1v) is 9.28. The molecular weight excluding hydrogens is 460 g/mol. The van der Waals surface area contributed by atoms with Gasteiger partial charge in [0.25, 0.3) is 11.2 Å². The molecule has 0 fully saturated rings. The maximum absolute atomic E-state index is 12.8. The van der Waals surface area contributed by atoms with Crippen LogP contribution in [0.1, 0.15) is 16.8 Å². The van der Waals surface area contributed by atoms with Crippen LogP contribution in [0.25, 0.3) is 5.69 Å². The molecule has 0 amide bonds. The lowest BCUT2D eigenvalue weighted by Crippen LogP contribution is -2.18. The topological polar surface area (TPSA) is 148 Å². The lowest BCUT2D eigenvalue weighted by Gasteiger charge is -2.06. The number of hydrogen-bond donors (Lipinski definition) is 2. The summed E-state index contributed by atoms with van der Waals surface area (Å²) in [6, 6.07) is 8.62. The summed E-state index contributed by atoms with van der Waals surface area (Å²) in [7, 11) is 0. The molecule has 0 aliphatic carbocycles. The Bertz CT molecular complexity index is 1250. The summed E-state index contributed by atoms with van der Waals surface area (Å²) in [4.78, 5) is 33.3. The van der Waals surface area contributed by atoms with Gasteiger partial charge in [-0.3, -0.25) is 35.5 Å². The smallest absolute Gasteiger partial charge is 0.295 e. The lowest BCUT2D eigenvalue weighted by atomic mass is 10.2. The van der Waals surface area contributed by atoms with E-state index in [-0.39, 0.29) is 16.8 Å². The Labute approximate surface area is 177 Å². The molecule has 12 heteroatoms. The average molecular weight is 475 g/mol. The van der Waals surface area contributed by atoms with E-state index in [2.05, 4.69) is 31.6 Å². The molecule has 0 atom stereocenters. The van der Waals surface area contributed by atoms with Crippen LogP contribution >= 0.6 is 15.9 Å². The highest BCUT2D eigenvalue weighted by molar-refractivity contribution is 9.10. The minimum atomic E-state index is -0.754. The van der Waals surface area contributed by atoms with Crippen molar-refractivity contribution in [3.63, 3.8) is 0 Å². The van der Waals surface area contributed by atoms with E-state index in [9.17, 15) is 25.0 Å². The molecule has 0 bridgehead atoms. The summed E-state index contributed by atoms with van der Waals surface area (Å²) >= 11 is 3.38. The standard InChI is InChI=1S/C18H15BrN6O5/c1-10-7-12(19)3-6-16(10)23-18(26)14(11(2)22-23)9-20-21-15-5-4-13(24(27)28)8-17(15)25(29)30/h3-9,21-22H,1-2H3. The molecule has 0 unspecified atom stereocenters. The molecule has 2 N–H and O–H groups in total. The largest absolute Gasteiger partial charge is 0.301 e. The number of aromatic amines is 1. The van der Waals surface area contributed by atoms with Gasteiger partial charge in [-0.1, -0.05) is 15.9 Å². The SMILES string of the molecule is Cc1cc(Br)ccc1-n1[nH]c(C)c(C=NNc2ccc([N+](=O)[O-])cc2[N+](=O)[O-])c1=O. The van der Waals surface area contributed by atoms with Crippen LogP contribution < -0.4 is 11.0 Å². The predicted octanol–water partition coefficient (Wildman–Crippen LogP) is 3.81. The third-order valence-electron chi connectivity index (χ3n) is 4.28. The highest BCUT2D eigenvalue weighted by Gasteiger charge is 2.19. The van der Waals surface area contributed by atoms with Gasteiger partial charge >= 0.3 is 5.69 Å². The second-order valence-electron chi connectivity index (χ2n) is 6.31. The molecule has 154 valence electrons. The Morgan fingerprint density at radius 3 is 2.50 bits per heavy atom. The Morgan fingerprint density at radius 1 is 1.13 bits per heavy atom. The molecule has 11 nitrogen and oxygen atoms in total. The van der Waals surface area contributed by atoms with Gasteiger partial charge in [-0.2, -0.15) is 5.10 Å². The molecule has 3 aromatic rings. The molecular formula is C18H15BrN6O5. The van der Waals surface area contributed by atoms with Crippen molar-refractivity contribution in [2.75, 3.05) is 5.43 Å². The maximum Gasteiger partial charge on any atom is 0.301 e. The monoisotopic (exact) mass is 474 g/mol. The number of anilines is 1. The third-order valence-corrected chi connectivity index (χ3v) is 4.78. The molecule has 0 radical (unpaired) electrons. The van der Waals surface area contributed by atoms with E-state index in [1.165, 1.54) is 17.0 Å². The Kier molecular flexibility index (Phi) is 5.78. The molecule has 0 aliphatic heterocycles. The summed E-state index contributed by atoms with van der Waals surface area (Å²) in [5.41, 5.74) is 3.51. The van der Waals surface area contributed by atoms with Crippen molar-refractivity contribution in [3.05, 3.63) is 88.3 Å². The second kappa shape index (κ2) is 8.29. The van der Waals surface area contributed by atoms with Crippen molar-refractivity contribution in [1.29, 1.82) is 0 Å². The van der Waals surface area contributed by atoms with E-state index in [0.29, 0.717) is 11.4 Å². The van der Waals surface area contributed by atoms with Crippen molar-refractivity contribution < 1.29 is 9.85 Å². The van der Waals surface area contributed by atoms with Gasteiger partial charge in [0.2, 0.25) is 0 Å². The van der Waals surface area contributed by atoms with E-state index < -0.39 is 21.2 Å². The zero-order chi connectivity index (χ0) is 22.0. The fourth-order valence-corrected chi connectivity index (χ4v) is 3.27. The van der Waals surface area contributed by atoms with E-state index in [0.717, 1.165) is 22.2 Å². The minimum Gasteiger partial charge on any atom is -0.295 e. The number of benzene rings is 2. The van der Waals surface area contributed by atoms with Gasteiger partial charge in [-0.15, -0.1) is 0 Å². The number of nitro benzene ring substituents is 2. The van der Waals surface area contributed by atoms with E-state index >= 15 is 0 Å². The van der Waals surface area contributed by atoms with Crippen LogP contribution in [0.5, 0.6) is 0 Å². The molecule has 1 aromatic heterocycles. The molecule has 0 aliphatic rings. The number of halogens is 1. The van der Waals surface area contributed by atoms with Crippen molar-refractivity contribution in [2.45, 2.75) is 13.8 Å². The third kappa shape index (κ3) is 4.12. The van der Waals surface area contributed by atoms with Crippen LogP contribution in [0.2, 0.25) is 0 Å². The number of nitro groups is 2. The van der Waals surface area contributed by atoms with E-state index in [4.69, 9.17) is 0 Å². The van der Waals surface area contributed by atoms with Crippen molar-refractivity contribution in [1.82, 2.24) is 9.78 Å². The number of aromatic nitrogens is 2. The fraction of sp³-hybridized carbons (Fsp3) is 0.111. The van der Waals surface area contributed by atoms with Gasteiger partial charge in [0.15, 0.2) is 0 Å². The quantitative estimate of drug-likeness (QED) is 0.315. The van der Waals surface area contributed by atoms with Crippen molar-refractivity contribution in [2.24, 2.45) is 5.10 Å². The fourth-order valence-electron chi connectivity index (χ4n) is 2.80. The Morgan fingerprint density at radius 2 is 1.87 bits per heavy atom. The van der Waals surface area contributed by atoms with Crippen LogP contribution in [0.4, 0.5) is 17.1 Å². The molecule has 1 heterocycles. The first-order valence-electron chi connectivity index (χ1n) is 8.49. The number of rotatable bonds is 6. The summed E-state index contributed by atoms with van der Waals surface area (Å²) in [5.74, 6) is 0. The summed E-state index contributed by atoms with van der Waals surface area (Å²) in [6.45, 7) is 3.56. The number of non-ortho nitro benzene ring substituents is 1. The van der Waals surface area contributed by atoms with Crippen LogP contribution in [0, 0.1) is 34.1 Å². The zero-order valence-electron chi connectivity index (χ0n) is 15.7. The van der Waals surface area contributed by atoms with Crippen LogP contribution in [0.3, 0.4) is 0 Å². The number of hydrogen-bond acceptors (Lipinski definition) is 7. The van der Waals surface area contributed by atoms with E-state index in [1.807, 2.05) is 19.1 Å². The first kappa shape index (κ1) is 20.9. The highest BCUT2D eigenvalue weighted by atomic mass is 79.9. The van der Waals surface area contributed by atoms with Gasteiger partial charge in [0.05, 0.1) is 33.4 Å². The average Bonchev–Trinajstić information content (AvgIpc) is 2.96. The van der Waals surface area contributed by atoms with Crippen LogP contribution in [-0.2, 0) is 0 Å². The predicted molar refractivity (Wildman–Crippen MR) is 115 cm³/mol. The van der Waals surface area contributed by atoms with Crippen LogP contribution in [0.15, 0.2) is 50.8 Å². The molecule has 0 saturated carbocycles. The zero-order valence-corrected chi connectivity index (χ0v) is 17.3. The summed E-state index contributed by atoms with van der Waals surface area (Å²) in [6.07, 6.45) is 1.24. The van der Waals surface area contributed by atoms with Gasteiger partial charge in [0, 0.05) is 16.2 Å². The summed E-state index contributed by atoms with van der Waals surface area (Å²) in [5, 5.41) is 28.9. The van der Waals surface area contributed by atoms with Crippen molar-refractivity contribution >= 4 is 39.2 Å². The first-order chi connectivity index (χ1) is 14.2. The second-order valence-corrected chi connectivity index (χ2v) is 7.22.